The zero-order valence-electron chi connectivity index (χ0n) is 13.3. The van der Waals surface area contributed by atoms with Crippen LogP contribution in [0, 0.1) is 13.8 Å². The van der Waals surface area contributed by atoms with Crippen LogP contribution in [-0.4, -0.2) is 40.0 Å². The molecule has 5 nitrogen and oxygen atoms in total. The van der Waals surface area contributed by atoms with E-state index < -0.39 is 5.97 Å². The molecule has 0 saturated heterocycles. The molecule has 0 aliphatic heterocycles. The van der Waals surface area contributed by atoms with Gasteiger partial charge in [-0.3, -0.25) is 9.97 Å². The molecule has 0 aromatic carbocycles. The summed E-state index contributed by atoms with van der Waals surface area (Å²) < 4.78 is 0. The zero-order chi connectivity index (χ0) is 16.5. The van der Waals surface area contributed by atoms with Crippen LogP contribution in [0.1, 0.15) is 27.3 Å². The van der Waals surface area contributed by atoms with E-state index in [0.717, 1.165) is 11.4 Å². The molecule has 2 aromatic heterocycles. The number of pyridine rings is 2. The molecule has 0 atom stereocenters. The van der Waals surface area contributed by atoms with Gasteiger partial charge < -0.3 is 10.0 Å². The Bertz CT molecular complexity index is 652. The molecule has 0 amide bonds. The molecule has 0 radical (unpaired) electrons. The number of carboxylic acid groups (broad SMARTS) is 1. The maximum atomic E-state index is 10.3. The van der Waals surface area contributed by atoms with Gasteiger partial charge in [-0.2, -0.15) is 0 Å². The Morgan fingerprint density at radius 2 is 1.68 bits per heavy atom. The largest absolute Gasteiger partial charge is 0.478 e. The van der Waals surface area contributed by atoms with Gasteiger partial charge in [0.05, 0.1) is 5.56 Å². The lowest BCUT2D eigenvalue weighted by Gasteiger charge is -2.02. The molecule has 0 aliphatic carbocycles. The Balaban J connectivity index is 0.000000224. The van der Waals surface area contributed by atoms with Crippen molar-refractivity contribution in [1.82, 2.24) is 14.9 Å². The van der Waals surface area contributed by atoms with Crippen LogP contribution in [0.3, 0.4) is 0 Å². The normalized spacial score (nSPS) is 10.0. The summed E-state index contributed by atoms with van der Waals surface area (Å²) in [5.74, 6) is -0.912. The molecule has 0 fully saturated rings. The van der Waals surface area contributed by atoms with Crippen LogP contribution in [0.15, 0.2) is 42.9 Å². The van der Waals surface area contributed by atoms with E-state index in [-0.39, 0.29) is 5.56 Å². The number of rotatable bonds is 3. The van der Waals surface area contributed by atoms with Gasteiger partial charge in [0.2, 0.25) is 0 Å². The van der Waals surface area contributed by atoms with Crippen LogP contribution in [0.4, 0.5) is 0 Å². The number of aromatic nitrogens is 2. The Kier molecular flexibility index (Phi) is 6.76. The van der Waals surface area contributed by atoms with Gasteiger partial charge in [-0.05, 0) is 56.0 Å². The second kappa shape index (κ2) is 8.56. The molecule has 5 heteroatoms. The van der Waals surface area contributed by atoms with Crippen LogP contribution in [-0.2, 0) is 0 Å². The maximum Gasteiger partial charge on any atom is 0.335 e. The van der Waals surface area contributed by atoms with Gasteiger partial charge in [-0.25, -0.2) is 4.79 Å². The highest BCUT2D eigenvalue weighted by Crippen LogP contribution is 2.02. The molecule has 22 heavy (non-hydrogen) atoms. The van der Waals surface area contributed by atoms with Crippen molar-refractivity contribution in [3.8, 4) is 0 Å². The van der Waals surface area contributed by atoms with Crippen LogP contribution in [0.2, 0.25) is 0 Å². The van der Waals surface area contributed by atoms with E-state index in [2.05, 4.69) is 22.1 Å². The number of carboxylic acids is 1. The molecule has 1 N–H and O–H groups in total. The fourth-order valence-corrected chi connectivity index (χ4v) is 1.58. The number of aromatic carboxylic acids is 1. The molecule has 2 rings (SSSR count). The third kappa shape index (κ3) is 6.65. The van der Waals surface area contributed by atoms with Crippen molar-refractivity contribution in [2.24, 2.45) is 0 Å². The van der Waals surface area contributed by atoms with E-state index in [9.17, 15) is 4.79 Å². The Morgan fingerprint density at radius 1 is 1.09 bits per heavy atom. The first-order chi connectivity index (χ1) is 10.4. The predicted molar refractivity (Wildman–Crippen MR) is 87.6 cm³/mol. The molecule has 0 spiro atoms. The predicted octanol–water partition coefficient (Wildman–Crippen LogP) is 3.01. The third-order valence-electron chi connectivity index (χ3n) is 2.63. The van der Waals surface area contributed by atoms with Gasteiger partial charge in [0.25, 0.3) is 0 Å². The minimum Gasteiger partial charge on any atom is -0.478 e. The standard InChI is InChI=1S/C10H14N2.C7H7NO2/c1-9-8-10(4-6-11-9)5-7-12(2)3;1-5-4-6(7(9)10)2-3-8-5/h4-8H,1-3H3;2-4H,1H3,(H,9,10)/b7-5+;. The molecule has 0 bridgehead atoms. The average molecular weight is 299 g/mol. The van der Waals surface area contributed by atoms with Gasteiger partial charge in [-0.15, -0.1) is 0 Å². The van der Waals surface area contributed by atoms with Crippen LogP contribution in [0.25, 0.3) is 6.08 Å². The van der Waals surface area contributed by atoms with Crippen molar-refractivity contribution in [1.29, 1.82) is 0 Å². The molecule has 0 aliphatic rings. The topological polar surface area (TPSA) is 66.3 Å². The van der Waals surface area contributed by atoms with Crippen molar-refractivity contribution in [2.75, 3.05) is 14.1 Å². The Morgan fingerprint density at radius 3 is 2.14 bits per heavy atom. The second-order valence-electron chi connectivity index (χ2n) is 5.00. The summed E-state index contributed by atoms with van der Waals surface area (Å²) in [6, 6.07) is 7.05. The summed E-state index contributed by atoms with van der Waals surface area (Å²) in [6.45, 7) is 3.75. The first kappa shape index (κ1) is 17.4. The fraction of sp³-hybridized carbons (Fsp3) is 0.235. The molecular weight excluding hydrogens is 278 g/mol. The smallest absolute Gasteiger partial charge is 0.335 e. The van der Waals surface area contributed by atoms with Crippen molar-refractivity contribution >= 4 is 12.0 Å². The molecule has 0 unspecified atom stereocenters. The van der Waals surface area contributed by atoms with Gasteiger partial charge in [0.15, 0.2) is 0 Å². The molecule has 116 valence electrons. The van der Waals surface area contributed by atoms with Gasteiger partial charge in [-0.1, -0.05) is 0 Å². The lowest BCUT2D eigenvalue weighted by molar-refractivity contribution is 0.0696. The average Bonchev–Trinajstić information content (AvgIpc) is 2.46. The second-order valence-corrected chi connectivity index (χ2v) is 5.00. The quantitative estimate of drug-likeness (QED) is 0.943. The van der Waals surface area contributed by atoms with Crippen LogP contribution < -0.4 is 0 Å². The van der Waals surface area contributed by atoms with Crippen molar-refractivity contribution in [3.63, 3.8) is 0 Å². The summed E-state index contributed by atoms with van der Waals surface area (Å²) in [7, 11) is 4.01. The van der Waals surface area contributed by atoms with Crippen LogP contribution >= 0.6 is 0 Å². The highest BCUT2D eigenvalue weighted by Gasteiger charge is 2.00. The summed E-state index contributed by atoms with van der Waals surface area (Å²) >= 11 is 0. The molecule has 2 heterocycles. The lowest BCUT2D eigenvalue weighted by Crippen LogP contribution is -1.99. The van der Waals surface area contributed by atoms with Crippen molar-refractivity contribution < 1.29 is 9.90 Å². The van der Waals surface area contributed by atoms with E-state index in [0.29, 0.717) is 0 Å². The lowest BCUT2D eigenvalue weighted by atomic mass is 10.2. The number of hydrogen-bond donors (Lipinski definition) is 1. The number of hydrogen-bond acceptors (Lipinski definition) is 4. The van der Waals surface area contributed by atoms with E-state index in [1.54, 1.807) is 6.92 Å². The number of nitrogens with zero attached hydrogens (tertiary/aromatic N) is 3. The molecule has 2 aromatic rings. The monoisotopic (exact) mass is 299 g/mol. The SMILES string of the molecule is Cc1cc(/C=C/N(C)C)ccn1.Cc1cc(C(=O)O)ccn1. The third-order valence-corrected chi connectivity index (χ3v) is 2.63. The van der Waals surface area contributed by atoms with Crippen molar-refractivity contribution in [2.45, 2.75) is 13.8 Å². The minimum absolute atomic E-state index is 0.285. The summed E-state index contributed by atoms with van der Waals surface area (Å²) in [5.41, 5.74) is 3.25. The highest BCUT2D eigenvalue weighted by atomic mass is 16.4. The molecular formula is C17H21N3O2. The minimum atomic E-state index is -0.912. The summed E-state index contributed by atoms with van der Waals surface area (Å²) in [5, 5.41) is 8.48. The van der Waals surface area contributed by atoms with E-state index in [4.69, 9.17) is 5.11 Å². The van der Waals surface area contributed by atoms with Gasteiger partial charge >= 0.3 is 5.97 Å². The van der Waals surface area contributed by atoms with E-state index in [1.165, 1.54) is 23.9 Å². The first-order valence-electron chi connectivity index (χ1n) is 6.81. The first-order valence-corrected chi connectivity index (χ1v) is 6.81. The Hall–Kier alpha value is -2.69. The van der Waals surface area contributed by atoms with E-state index in [1.807, 2.05) is 44.4 Å². The van der Waals surface area contributed by atoms with Crippen molar-refractivity contribution in [3.05, 3.63) is 65.4 Å². The molecule has 0 saturated carbocycles. The van der Waals surface area contributed by atoms with E-state index >= 15 is 0 Å². The van der Waals surface area contributed by atoms with Gasteiger partial charge in [0, 0.05) is 37.9 Å². The summed E-state index contributed by atoms with van der Waals surface area (Å²) in [6.07, 6.45) is 7.40. The van der Waals surface area contributed by atoms with Gasteiger partial charge in [0.1, 0.15) is 0 Å². The Labute approximate surface area is 131 Å². The highest BCUT2D eigenvalue weighted by molar-refractivity contribution is 5.87. The number of carbonyl (C=O) groups is 1. The zero-order valence-corrected chi connectivity index (χ0v) is 13.3. The number of aryl methyl sites for hydroxylation is 2. The fourth-order valence-electron chi connectivity index (χ4n) is 1.58. The summed E-state index contributed by atoms with van der Waals surface area (Å²) in [4.78, 5) is 20.3. The van der Waals surface area contributed by atoms with Crippen LogP contribution in [0.5, 0.6) is 0 Å². The maximum absolute atomic E-state index is 10.3.